The number of thioether (sulfide) groups is 1. The third-order valence-electron chi connectivity index (χ3n) is 4.59. The van der Waals surface area contributed by atoms with Gasteiger partial charge in [-0.05, 0) is 56.5 Å². The molecule has 0 aliphatic heterocycles. The van der Waals surface area contributed by atoms with Crippen molar-refractivity contribution >= 4 is 29.3 Å². The minimum absolute atomic E-state index is 0.0135. The lowest BCUT2D eigenvalue weighted by Crippen LogP contribution is -3.08. The largest absolute Gasteiger partial charge is 0.339 e. The molecule has 2 rings (SSSR count). The number of hydrogen-bond donors (Lipinski definition) is 2. The topological polar surface area (TPSA) is 53.9 Å². The second-order valence-corrected chi connectivity index (χ2v) is 7.64. The molecule has 1 atom stereocenters. The maximum absolute atomic E-state index is 12.3. The van der Waals surface area contributed by atoms with E-state index in [1.54, 1.807) is 40.9 Å². The zero-order valence-electron chi connectivity index (χ0n) is 17.1. The first-order valence-electron chi connectivity index (χ1n) is 9.60. The van der Waals surface area contributed by atoms with Crippen molar-refractivity contribution < 1.29 is 14.5 Å². The molecular formula is C22H30N3O2S+. The molecule has 0 bridgehead atoms. The molecule has 0 spiro atoms. The van der Waals surface area contributed by atoms with Gasteiger partial charge in [0, 0.05) is 34.8 Å². The van der Waals surface area contributed by atoms with Crippen LogP contribution in [0.1, 0.15) is 29.8 Å². The van der Waals surface area contributed by atoms with E-state index in [9.17, 15) is 9.59 Å². The maximum atomic E-state index is 12.3. The smallest absolute Gasteiger partial charge is 0.279 e. The van der Waals surface area contributed by atoms with Crippen LogP contribution in [0.4, 0.5) is 5.69 Å². The first kappa shape index (κ1) is 22.0. The first-order chi connectivity index (χ1) is 13.5. The summed E-state index contributed by atoms with van der Waals surface area (Å²) in [4.78, 5) is 28.8. The molecule has 0 saturated carbocycles. The Kier molecular flexibility index (Phi) is 8.54. The molecule has 150 valence electrons. The van der Waals surface area contributed by atoms with E-state index < -0.39 is 0 Å². The van der Waals surface area contributed by atoms with Crippen LogP contribution in [0, 0.1) is 0 Å². The van der Waals surface area contributed by atoms with Gasteiger partial charge in [-0.25, -0.2) is 0 Å². The molecule has 0 aliphatic carbocycles. The van der Waals surface area contributed by atoms with E-state index in [4.69, 9.17) is 0 Å². The fraction of sp³-hybridized carbons (Fsp3) is 0.364. The molecule has 0 radical (unpaired) electrons. The van der Waals surface area contributed by atoms with E-state index in [-0.39, 0.29) is 11.8 Å². The number of hydrogen-bond acceptors (Lipinski definition) is 3. The number of rotatable bonds is 9. The van der Waals surface area contributed by atoms with Crippen LogP contribution >= 0.6 is 11.8 Å². The third-order valence-corrected chi connectivity index (χ3v) is 5.34. The molecule has 6 heteroatoms. The van der Waals surface area contributed by atoms with Crippen molar-refractivity contribution in [1.29, 1.82) is 0 Å². The Hall–Kier alpha value is -2.31. The molecular weight excluding hydrogens is 370 g/mol. The van der Waals surface area contributed by atoms with Crippen LogP contribution in [0.5, 0.6) is 0 Å². The van der Waals surface area contributed by atoms with Gasteiger partial charge in [-0.3, -0.25) is 9.59 Å². The lowest BCUT2D eigenvalue weighted by Gasteiger charge is -2.18. The van der Waals surface area contributed by atoms with Gasteiger partial charge in [0.15, 0.2) is 6.54 Å². The highest BCUT2D eigenvalue weighted by molar-refractivity contribution is 7.98. The molecule has 2 aromatic carbocycles. The van der Waals surface area contributed by atoms with Crippen molar-refractivity contribution in [2.24, 2.45) is 0 Å². The predicted molar refractivity (Wildman–Crippen MR) is 116 cm³/mol. The zero-order valence-corrected chi connectivity index (χ0v) is 17.9. The monoisotopic (exact) mass is 400 g/mol. The number of benzene rings is 2. The fourth-order valence-electron chi connectivity index (χ4n) is 3.02. The zero-order chi connectivity index (χ0) is 20.5. The van der Waals surface area contributed by atoms with Crippen molar-refractivity contribution in [1.82, 2.24) is 4.90 Å². The average Bonchev–Trinajstić information content (AvgIpc) is 2.69. The lowest BCUT2D eigenvalue weighted by atomic mass is 10.1. The van der Waals surface area contributed by atoms with Crippen LogP contribution < -0.4 is 10.2 Å². The Morgan fingerprint density at radius 2 is 1.61 bits per heavy atom. The van der Waals surface area contributed by atoms with Crippen LogP contribution in [0.15, 0.2) is 53.4 Å². The predicted octanol–water partition coefficient (Wildman–Crippen LogP) is 2.54. The summed E-state index contributed by atoms with van der Waals surface area (Å²) in [7, 11) is 2.01. The summed E-state index contributed by atoms with van der Waals surface area (Å²) >= 11 is 1.72. The molecule has 1 unspecified atom stereocenters. The minimum Gasteiger partial charge on any atom is -0.339 e. The summed E-state index contributed by atoms with van der Waals surface area (Å²) in [5.41, 5.74) is 2.55. The highest BCUT2D eigenvalue weighted by Gasteiger charge is 2.14. The summed E-state index contributed by atoms with van der Waals surface area (Å²) < 4.78 is 0. The molecule has 0 aliphatic rings. The van der Waals surface area contributed by atoms with Gasteiger partial charge in [0.05, 0.1) is 7.05 Å². The number of amides is 2. The number of nitrogens with one attached hydrogen (secondary N) is 2. The van der Waals surface area contributed by atoms with E-state index in [0.29, 0.717) is 30.9 Å². The Morgan fingerprint density at radius 1 is 1.00 bits per heavy atom. The van der Waals surface area contributed by atoms with Gasteiger partial charge < -0.3 is 15.1 Å². The van der Waals surface area contributed by atoms with E-state index in [1.165, 1.54) is 10.5 Å². The highest BCUT2D eigenvalue weighted by Crippen LogP contribution is 2.14. The lowest BCUT2D eigenvalue weighted by molar-refractivity contribution is -0.885. The Labute approximate surface area is 172 Å². The molecule has 0 aromatic heterocycles. The van der Waals surface area contributed by atoms with Gasteiger partial charge in [-0.15, -0.1) is 11.8 Å². The molecule has 5 nitrogen and oxygen atoms in total. The van der Waals surface area contributed by atoms with Crippen LogP contribution in [-0.2, 0) is 11.3 Å². The van der Waals surface area contributed by atoms with Crippen LogP contribution in [0.3, 0.4) is 0 Å². The number of carbonyl (C=O) groups is 2. The molecule has 2 N–H and O–H groups in total. The molecule has 2 aromatic rings. The molecule has 2 amide bonds. The van der Waals surface area contributed by atoms with Crippen LogP contribution in [0.2, 0.25) is 0 Å². The SMILES string of the molecule is CCN(CC)C(=O)c1ccc(NC(=O)C[NH+](C)Cc2ccc(SC)cc2)cc1. The number of nitrogens with zero attached hydrogens (tertiary/aromatic N) is 1. The van der Waals surface area contributed by atoms with Gasteiger partial charge >= 0.3 is 0 Å². The Bertz CT molecular complexity index is 771. The standard InChI is InChI=1S/C22H29N3O2S/c1-5-25(6-2)22(27)18-9-11-19(12-10-18)23-21(26)16-24(3)15-17-7-13-20(28-4)14-8-17/h7-14H,5-6,15-16H2,1-4H3,(H,23,26)/p+1. The normalized spacial score (nSPS) is 11.7. The number of likely N-dealkylation sites (N-methyl/N-ethyl adjacent to an activating group) is 1. The number of anilines is 1. The minimum atomic E-state index is -0.0407. The second-order valence-electron chi connectivity index (χ2n) is 6.76. The van der Waals surface area contributed by atoms with Crippen molar-refractivity contribution in [3.05, 3.63) is 59.7 Å². The Morgan fingerprint density at radius 3 is 2.14 bits per heavy atom. The number of carbonyl (C=O) groups excluding carboxylic acids is 2. The van der Waals surface area contributed by atoms with Crippen molar-refractivity contribution in [2.45, 2.75) is 25.3 Å². The quantitative estimate of drug-likeness (QED) is 0.636. The van der Waals surface area contributed by atoms with Crippen molar-refractivity contribution in [3.8, 4) is 0 Å². The van der Waals surface area contributed by atoms with E-state index >= 15 is 0 Å². The van der Waals surface area contributed by atoms with Crippen LogP contribution in [0.25, 0.3) is 0 Å². The first-order valence-corrected chi connectivity index (χ1v) is 10.8. The second kappa shape index (κ2) is 10.9. The van der Waals surface area contributed by atoms with Gasteiger partial charge in [-0.1, -0.05) is 12.1 Å². The maximum Gasteiger partial charge on any atom is 0.279 e. The summed E-state index contributed by atoms with van der Waals surface area (Å²) in [6, 6.07) is 15.5. The van der Waals surface area contributed by atoms with E-state index in [0.717, 1.165) is 11.4 Å². The average molecular weight is 401 g/mol. The third kappa shape index (κ3) is 6.39. The van der Waals surface area contributed by atoms with Gasteiger partial charge in [0.1, 0.15) is 6.54 Å². The fourth-order valence-corrected chi connectivity index (χ4v) is 3.43. The molecule has 28 heavy (non-hydrogen) atoms. The number of quaternary nitrogens is 1. The van der Waals surface area contributed by atoms with Gasteiger partial charge in [0.25, 0.3) is 11.8 Å². The van der Waals surface area contributed by atoms with Crippen molar-refractivity contribution in [2.75, 3.05) is 38.3 Å². The Balaban J connectivity index is 1.87. The summed E-state index contributed by atoms with van der Waals surface area (Å²) in [5.74, 6) is -0.0272. The summed E-state index contributed by atoms with van der Waals surface area (Å²) in [6.45, 7) is 6.47. The molecule has 0 heterocycles. The van der Waals surface area contributed by atoms with Gasteiger partial charge in [-0.2, -0.15) is 0 Å². The van der Waals surface area contributed by atoms with Gasteiger partial charge in [0.2, 0.25) is 0 Å². The van der Waals surface area contributed by atoms with E-state index in [1.807, 2.05) is 20.9 Å². The summed E-state index contributed by atoms with van der Waals surface area (Å²) in [6.07, 6.45) is 2.06. The van der Waals surface area contributed by atoms with Crippen LogP contribution in [-0.4, -0.2) is 49.7 Å². The summed E-state index contributed by atoms with van der Waals surface area (Å²) in [5, 5.41) is 2.91. The van der Waals surface area contributed by atoms with Crippen molar-refractivity contribution in [3.63, 3.8) is 0 Å². The molecule has 0 saturated heterocycles. The van der Waals surface area contributed by atoms with E-state index in [2.05, 4.69) is 35.8 Å². The highest BCUT2D eigenvalue weighted by atomic mass is 32.2. The molecule has 0 fully saturated rings.